The minimum Gasteiger partial charge on any atom is -0.382 e. The summed E-state index contributed by atoms with van der Waals surface area (Å²) < 4.78 is 7.15. The Hall–Kier alpha value is -2.58. The molecule has 0 spiro atoms. The number of nitrogens with zero attached hydrogens (tertiary/aromatic N) is 4. The van der Waals surface area contributed by atoms with Crippen LogP contribution in [0.5, 0.6) is 0 Å². The largest absolute Gasteiger partial charge is 0.382 e. The van der Waals surface area contributed by atoms with Gasteiger partial charge in [-0.1, -0.05) is 41.7 Å². The maximum absolute atomic E-state index is 13.3. The first-order valence-corrected chi connectivity index (χ1v) is 12.1. The second kappa shape index (κ2) is 8.41. The van der Waals surface area contributed by atoms with Crippen LogP contribution in [0.1, 0.15) is 43.5 Å². The van der Waals surface area contributed by atoms with Gasteiger partial charge in [-0.25, -0.2) is 9.97 Å². The summed E-state index contributed by atoms with van der Waals surface area (Å²) >= 11 is 1.42. The Morgan fingerprint density at radius 3 is 2.75 bits per heavy atom. The van der Waals surface area contributed by atoms with Crippen LogP contribution in [0.2, 0.25) is 0 Å². The molecule has 1 atom stereocenters. The van der Waals surface area contributed by atoms with Gasteiger partial charge < -0.3 is 9.64 Å². The number of methoxy groups -OCH3 is 1. The number of thiazole rings is 1. The summed E-state index contributed by atoms with van der Waals surface area (Å²) in [5, 5.41) is 0.730. The molecule has 0 unspecified atom stereocenters. The summed E-state index contributed by atoms with van der Waals surface area (Å²) in [4.78, 5) is 38.5. The lowest BCUT2D eigenvalue weighted by atomic mass is 10.0. The molecule has 168 valence electrons. The highest BCUT2D eigenvalue weighted by molar-refractivity contribution is 7.21. The van der Waals surface area contributed by atoms with Crippen LogP contribution in [0.3, 0.4) is 0 Å². The van der Waals surface area contributed by atoms with Crippen LogP contribution in [0.15, 0.2) is 35.1 Å². The van der Waals surface area contributed by atoms with Crippen LogP contribution in [0, 0.1) is 6.92 Å². The van der Waals surface area contributed by atoms with Crippen molar-refractivity contribution in [1.29, 1.82) is 0 Å². The minimum atomic E-state index is -0.287. The molecule has 1 saturated heterocycles. The number of Topliss-reactive ketones (excluding diaryl/α,β-unsaturated/α-hetero) is 1. The number of ketones is 1. The van der Waals surface area contributed by atoms with Gasteiger partial charge in [-0.05, 0) is 44.6 Å². The lowest BCUT2D eigenvalue weighted by molar-refractivity contribution is -0.120. The van der Waals surface area contributed by atoms with Crippen LogP contribution in [-0.2, 0) is 21.5 Å². The van der Waals surface area contributed by atoms with Gasteiger partial charge in [-0.15, -0.1) is 0 Å². The Bertz CT molecular complexity index is 1200. The Balaban J connectivity index is 1.41. The van der Waals surface area contributed by atoms with E-state index in [9.17, 15) is 9.59 Å². The quantitative estimate of drug-likeness (QED) is 0.521. The fourth-order valence-corrected chi connectivity index (χ4v) is 5.96. The molecule has 8 heteroatoms. The van der Waals surface area contributed by atoms with Gasteiger partial charge in [0.2, 0.25) is 0 Å². The van der Waals surface area contributed by atoms with Crippen LogP contribution in [-0.4, -0.2) is 46.6 Å². The van der Waals surface area contributed by atoms with Gasteiger partial charge in [0.05, 0.1) is 18.2 Å². The molecule has 0 radical (unpaired) electrons. The maximum atomic E-state index is 13.3. The number of rotatable bonds is 8. The fourth-order valence-electron chi connectivity index (χ4n) is 4.90. The van der Waals surface area contributed by atoms with Crippen molar-refractivity contribution in [2.75, 3.05) is 25.2 Å². The smallest absolute Gasteiger partial charge is 0.281 e. The summed E-state index contributed by atoms with van der Waals surface area (Å²) in [5.74, 6) is 0.938. The van der Waals surface area contributed by atoms with Gasteiger partial charge in [-0.2, -0.15) is 0 Å². The van der Waals surface area contributed by atoms with Crippen molar-refractivity contribution in [1.82, 2.24) is 14.5 Å². The van der Waals surface area contributed by atoms with E-state index in [0.29, 0.717) is 29.2 Å². The molecule has 1 aliphatic carbocycles. The first kappa shape index (κ1) is 21.3. The summed E-state index contributed by atoms with van der Waals surface area (Å²) in [7, 11) is 1.66. The third kappa shape index (κ3) is 3.75. The number of aryl methyl sites for hydroxylation is 2. The van der Waals surface area contributed by atoms with E-state index in [4.69, 9.17) is 14.7 Å². The van der Waals surface area contributed by atoms with Gasteiger partial charge in [0.15, 0.2) is 21.3 Å². The Labute approximate surface area is 191 Å². The number of carbonyl (C=O) groups is 1. The summed E-state index contributed by atoms with van der Waals surface area (Å²) in [5.41, 5.74) is 1.19. The third-order valence-electron chi connectivity index (χ3n) is 6.68. The number of ether oxygens (including phenoxy) is 1. The fraction of sp³-hybridized carbons (Fsp3) is 0.500. The molecule has 7 nitrogen and oxygen atoms in total. The van der Waals surface area contributed by atoms with E-state index in [1.165, 1.54) is 16.9 Å². The Morgan fingerprint density at radius 2 is 2.03 bits per heavy atom. The van der Waals surface area contributed by atoms with Crippen molar-refractivity contribution in [3.05, 3.63) is 52.1 Å². The molecular formula is C24H28N4O3S. The lowest BCUT2D eigenvalue weighted by Crippen LogP contribution is -2.37. The van der Waals surface area contributed by atoms with Gasteiger partial charge in [0.25, 0.3) is 5.56 Å². The molecule has 2 aliphatic rings. The van der Waals surface area contributed by atoms with Crippen molar-refractivity contribution >= 4 is 32.6 Å². The van der Waals surface area contributed by atoms with Crippen LogP contribution in [0.25, 0.3) is 10.3 Å². The number of aromatic nitrogens is 3. The summed E-state index contributed by atoms with van der Waals surface area (Å²) in [6, 6.07) is 9.93. The van der Waals surface area contributed by atoms with E-state index >= 15 is 0 Å². The number of hydrogen-bond donors (Lipinski definition) is 0. The SMILES string of the molecule is COCC1(n2c(C)nc3sc(N4CCC[C@@H]4C(=O)CCc4ccccc4)nc3c2=O)CC1. The average molecular weight is 453 g/mol. The molecule has 5 rings (SSSR count). The molecule has 3 heterocycles. The van der Waals surface area contributed by atoms with Crippen molar-refractivity contribution in [3.63, 3.8) is 0 Å². The zero-order chi connectivity index (χ0) is 22.3. The van der Waals surface area contributed by atoms with Crippen molar-refractivity contribution in [2.45, 2.75) is 57.0 Å². The van der Waals surface area contributed by atoms with Gasteiger partial charge in [-0.3, -0.25) is 14.2 Å². The van der Waals surface area contributed by atoms with E-state index < -0.39 is 0 Å². The van der Waals surface area contributed by atoms with E-state index in [1.54, 1.807) is 11.7 Å². The molecule has 0 bridgehead atoms. The molecule has 0 N–H and O–H groups in total. The highest BCUT2D eigenvalue weighted by Gasteiger charge is 2.47. The van der Waals surface area contributed by atoms with Crippen LogP contribution < -0.4 is 10.5 Å². The van der Waals surface area contributed by atoms with Crippen molar-refractivity contribution < 1.29 is 9.53 Å². The standard InChI is InChI=1S/C24H28N4O3S/c1-16-25-21-20(22(30)28(16)24(12-13-24)15-31-2)26-23(32-21)27-14-6-9-18(27)19(29)11-10-17-7-4-3-5-8-17/h3-5,7-8,18H,6,9-15H2,1-2H3/t18-/m1/s1. The van der Waals surface area contributed by atoms with E-state index in [2.05, 4.69) is 17.0 Å². The predicted octanol–water partition coefficient (Wildman–Crippen LogP) is 3.47. The number of carbonyl (C=O) groups excluding carboxylic acids is 1. The number of hydrogen-bond acceptors (Lipinski definition) is 7. The maximum Gasteiger partial charge on any atom is 0.281 e. The summed E-state index contributed by atoms with van der Waals surface area (Å²) in [6.45, 7) is 3.16. The van der Waals surface area contributed by atoms with E-state index in [-0.39, 0.29) is 22.9 Å². The molecule has 2 fully saturated rings. The average Bonchev–Trinajstić information content (AvgIpc) is 3.21. The predicted molar refractivity (Wildman–Crippen MR) is 126 cm³/mol. The lowest BCUT2D eigenvalue weighted by Gasteiger charge is -2.22. The second-order valence-corrected chi connectivity index (χ2v) is 9.87. The minimum absolute atomic E-state index is 0.101. The number of anilines is 1. The first-order valence-electron chi connectivity index (χ1n) is 11.3. The Kier molecular flexibility index (Phi) is 5.59. The molecule has 1 aliphatic heterocycles. The highest BCUT2D eigenvalue weighted by atomic mass is 32.1. The topological polar surface area (TPSA) is 77.3 Å². The Morgan fingerprint density at radius 1 is 1.25 bits per heavy atom. The molecule has 0 amide bonds. The number of benzene rings is 1. The van der Waals surface area contributed by atoms with E-state index in [1.807, 2.05) is 25.1 Å². The van der Waals surface area contributed by atoms with Crippen molar-refractivity contribution in [2.24, 2.45) is 0 Å². The molecule has 3 aromatic rings. The van der Waals surface area contributed by atoms with Gasteiger partial charge in [0, 0.05) is 20.1 Å². The van der Waals surface area contributed by atoms with E-state index in [0.717, 1.165) is 43.8 Å². The monoisotopic (exact) mass is 452 g/mol. The molecular weight excluding hydrogens is 424 g/mol. The second-order valence-electron chi connectivity index (χ2n) is 8.91. The van der Waals surface area contributed by atoms with Crippen molar-refractivity contribution in [3.8, 4) is 0 Å². The highest BCUT2D eigenvalue weighted by Crippen LogP contribution is 2.43. The van der Waals surface area contributed by atoms with Gasteiger partial charge in [0.1, 0.15) is 5.82 Å². The summed E-state index contributed by atoms with van der Waals surface area (Å²) in [6.07, 6.45) is 4.87. The molecule has 32 heavy (non-hydrogen) atoms. The molecule has 1 saturated carbocycles. The molecule has 2 aromatic heterocycles. The molecule has 1 aromatic carbocycles. The first-order chi connectivity index (χ1) is 15.5. The third-order valence-corrected chi connectivity index (χ3v) is 7.66. The van der Waals surface area contributed by atoms with Crippen LogP contribution >= 0.6 is 11.3 Å². The zero-order valence-corrected chi connectivity index (χ0v) is 19.4. The zero-order valence-electron chi connectivity index (χ0n) is 18.5. The van der Waals surface area contributed by atoms with Gasteiger partial charge >= 0.3 is 0 Å². The van der Waals surface area contributed by atoms with Crippen LogP contribution in [0.4, 0.5) is 5.13 Å². The normalized spacial score (nSPS) is 19.6. The number of fused-ring (bicyclic) bond motifs is 1.